The monoisotopic (exact) mass is 255 g/mol. The van der Waals surface area contributed by atoms with Crippen LogP contribution < -0.4 is 0 Å². The summed E-state index contributed by atoms with van der Waals surface area (Å²) in [5, 5.41) is 18.9. The van der Waals surface area contributed by atoms with Gasteiger partial charge in [0.25, 0.3) is 5.69 Å². The third-order valence-corrected chi connectivity index (χ3v) is 2.14. The molecule has 0 saturated heterocycles. The molecule has 0 amide bonds. The number of nitrogens with zero attached hydrogens (tertiary/aromatic N) is 1. The van der Waals surface area contributed by atoms with Crippen molar-refractivity contribution in [2.75, 3.05) is 0 Å². The van der Waals surface area contributed by atoms with Crippen molar-refractivity contribution in [3.63, 3.8) is 0 Å². The molecule has 0 aromatic heterocycles. The third kappa shape index (κ3) is 2.42. The highest BCUT2D eigenvalue weighted by molar-refractivity contribution is 6.31. The van der Waals surface area contributed by atoms with Crippen LogP contribution in [-0.4, -0.2) is 16.2 Å². The first-order valence-corrected chi connectivity index (χ1v) is 4.30. The molecule has 0 bridgehead atoms. The zero-order valence-corrected chi connectivity index (χ0v) is 8.29. The molecule has 0 saturated carbocycles. The highest BCUT2D eigenvalue weighted by Gasteiger charge is 2.43. The van der Waals surface area contributed by atoms with Gasteiger partial charge in [0.2, 0.25) is 0 Å². The molecule has 0 fully saturated rings. The Morgan fingerprint density at radius 1 is 1.44 bits per heavy atom. The van der Waals surface area contributed by atoms with Crippen LogP contribution in [0, 0.1) is 10.1 Å². The SMILES string of the molecule is O=[N+]([O-])c1cccc(Cl)c1C(O)C(F)(F)F. The molecular formula is C8H5ClF3NO3. The van der Waals surface area contributed by atoms with E-state index in [1.165, 1.54) is 0 Å². The molecule has 16 heavy (non-hydrogen) atoms. The summed E-state index contributed by atoms with van der Waals surface area (Å²) in [7, 11) is 0. The van der Waals surface area contributed by atoms with E-state index < -0.39 is 33.5 Å². The van der Waals surface area contributed by atoms with Gasteiger partial charge in [0.05, 0.1) is 15.5 Å². The normalized spacial score (nSPS) is 13.6. The molecule has 0 heterocycles. The van der Waals surface area contributed by atoms with E-state index in [1.807, 2.05) is 0 Å². The van der Waals surface area contributed by atoms with E-state index in [0.29, 0.717) is 0 Å². The number of nitro groups is 1. The Bertz CT molecular complexity index is 421. The van der Waals surface area contributed by atoms with Gasteiger partial charge in [-0.05, 0) is 6.07 Å². The minimum absolute atomic E-state index is 0.501. The molecule has 0 spiro atoms. The first-order valence-electron chi connectivity index (χ1n) is 3.92. The fraction of sp³-hybridized carbons (Fsp3) is 0.250. The number of nitro benzene ring substituents is 1. The van der Waals surface area contributed by atoms with Crippen LogP contribution in [0.25, 0.3) is 0 Å². The molecule has 1 atom stereocenters. The number of hydrogen-bond acceptors (Lipinski definition) is 3. The summed E-state index contributed by atoms with van der Waals surface area (Å²) in [5.41, 5.74) is -1.81. The molecule has 0 aliphatic carbocycles. The van der Waals surface area contributed by atoms with Gasteiger partial charge in [-0.3, -0.25) is 10.1 Å². The van der Waals surface area contributed by atoms with Crippen LogP contribution in [0.1, 0.15) is 11.7 Å². The Kier molecular flexibility index (Phi) is 3.39. The zero-order chi connectivity index (χ0) is 12.5. The lowest BCUT2D eigenvalue weighted by molar-refractivity contribution is -0.387. The first kappa shape index (κ1) is 12.7. The van der Waals surface area contributed by atoms with Gasteiger partial charge in [0.15, 0.2) is 6.10 Å². The summed E-state index contributed by atoms with van der Waals surface area (Å²) in [5.74, 6) is 0. The van der Waals surface area contributed by atoms with E-state index in [2.05, 4.69) is 0 Å². The Hall–Kier alpha value is -1.34. The molecule has 88 valence electrons. The van der Waals surface area contributed by atoms with E-state index in [0.717, 1.165) is 18.2 Å². The van der Waals surface area contributed by atoms with Gasteiger partial charge in [-0.2, -0.15) is 13.2 Å². The average Bonchev–Trinajstić information content (AvgIpc) is 2.14. The molecular weight excluding hydrogens is 251 g/mol. The molecule has 1 unspecified atom stereocenters. The van der Waals surface area contributed by atoms with E-state index >= 15 is 0 Å². The predicted octanol–water partition coefficient (Wildman–Crippen LogP) is 2.84. The fourth-order valence-electron chi connectivity index (χ4n) is 1.12. The van der Waals surface area contributed by atoms with Crippen LogP contribution in [0.5, 0.6) is 0 Å². The van der Waals surface area contributed by atoms with Crippen molar-refractivity contribution < 1.29 is 23.2 Å². The lowest BCUT2D eigenvalue weighted by Gasteiger charge is -2.15. The van der Waals surface area contributed by atoms with Gasteiger partial charge in [-0.15, -0.1) is 0 Å². The molecule has 0 radical (unpaired) electrons. The number of aliphatic hydroxyl groups excluding tert-OH is 1. The van der Waals surface area contributed by atoms with Crippen LogP contribution in [0.2, 0.25) is 5.02 Å². The molecule has 4 nitrogen and oxygen atoms in total. The summed E-state index contributed by atoms with van der Waals surface area (Å²) >= 11 is 5.41. The zero-order valence-electron chi connectivity index (χ0n) is 7.53. The van der Waals surface area contributed by atoms with Gasteiger partial charge < -0.3 is 5.11 Å². The van der Waals surface area contributed by atoms with Crippen LogP contribution >= 0.6 is 11.6 Å². The second-order valence-corrected chi connectivity index (χ2v) is 3.28. The van der Waals surface area contributed by atoms with Crippen LogP contribution in [-0.2, 0) is 0 Å². The Balaban J connectivity index is 3.36. The van der Waals surface area contributed by atoms with Gasteiger partial charge >= 0.3 is 6.18 Å². The molecule has 0 aliphatic rings. The second kappa shape index (κ2) is 4.26. The Morgan fingerprint density at radius 3 is 2.44 bits per heavy atom. The number of aliphatic hydroxyl groups is 1. The highest BCUT2D eigenvalue weighted by Crippen LogP contribution is 2.40. The number of halogens is 4. The summed E-state index contributed by atoms with van der Waals surface area (Å²) < 4.78 is 36.7. The van der Waals surface area contributed by atoms with E-state index in [4.69, 9.17) is 16.7 Å². The van der Waals surface area contributed by atoms with Crippen LogP contribution in [0.15, 0.2) is 18.2 Å². The van der Waals surface area contributed by atoms with Crippen LogP contribution in [0.4, 0.5) is 18.9 Å². The van der Waals surface area contributed by atoms with Gasteiger partial charge in [0.1, 0.15) is 0 Å². The minimum Gasteiger partial charge on any atom is -0.379 e. The van der Waals surface area contributed by atoms with Gasteiger partial charge in [-0.1, -0.05) is 17.7 Å². The van der Waals surface area contributed by atoms with Gasteiger partial charge in [-0.25, -0.2) is 0 Å². The third-order valence-electron chi connectivity index (χ3n) is 1.81. The lowest BCUT2D eigenvalue weighted by atomic mass is 10.1. The maximum absolute atomic E-state index is 12.2. The molecule has 8 heteroatoms. The molecule has 1 rings (SSSR count). The second-order valence-electron chi connectivity index (χ2n) is 2.87. The predicted molar refractivity (Wildman–Crippen MR) is 49.1 cm³/mol. The van der Waals surface area contributed by atoms with Gasteiger partial charge in [0, 0.05) is 6.07 Å². The average molecular weight is 256 g/mol. The van der Waals surface area contributed by atoms with E-state index in [-0.39, 0.29) is 0 Å². The highest BCUT2D eigenvalue weighted by atomic mass is 35.5. The Morgan fingerprint density at radius 2 is 2.00 bits per heavy atom. The number of hydrogen-bond donors (Lipinski definition) is 1. The molecule has 1 N–H and O–H groups in total. The largest absolute Gasteiger partial charge is 0.418 e. The smallest absolute Gasteiger partial charge is 0.379 e. The topological polar surface area (TPSA) is 63.4 Å². The maximum atomic E-state index is 12.2. The molecule has 0 aliphatic heterocycles. The van der Waals surface area contributed by atoms with Crippen molar-refractivity contribution in [1.82, 2.24) is 0 Å². The number of rotatable bonds is 2. The van der Waals surface area contributed by atoms with Crippen molar-refractivity contribution in [3.05, 3.63) is 38.9 Å². The molecule has 1 aromatic rings. The number of alkyl halides is 3. The van der Waals surface area contributed by atoms with Crippen molar-refractivity contribution >= 4 is 17.3 Å². The van der Waals surface area contributed by atoms with Crippen molar-refractivity contribution in [1.29, 1.82) is 0 Å². The lowest BCUT2D eigenvalue weighted by Crippen LogP contribution is -2.21. The summed E-state index contributed by atoms with van der Waals surface area (Å²) in [6.07, 6.45) is -7.97. The summed E-state index contributed by atoms with van der Waals surface area (Å²) in [6, 6.07) is 3.02. The summed E-state index contributed by atoms with van der Waals surface area (Å²) in [6.45, 7) is 0. The van der Waals surface area contributed by atoms with Crippen molar-refractivity contribution in [2.24, 2.45) is 0 Å². The van der Waals surface area contributed by atoms with Crippen LogP contribution in [0.3, 0.4) is 0 Å². The first-order chi connectivity index (χ1) is 7.25. The summed E-state index contributed by atoms with van der Waals surface area (Å²) in [4.78, 5) is 9.44. The quantitative estimate of drug-likeness (QED) is 0.653. The van der Waals surface area contributed by atoms with E-state index in [9.17, 15) is 23.3 Å². The van der Waals surface area contributed by atoms with Crippen molar-refractivity contribution in [2.45, 2.75) is 12.3 Å². The number of benzene rings is 1. The van der Waals surface area contributed by atoms with E-state index in [1.54, 1.807) is 0 Å². The standard InChI is InChI=1S/C8H5ClF3NO3/c9-4-2-1-3-5(13(15)16)6(4)7(14)8(10,11)12/h1-3,7,14H. The minimum atomic E-state index is -5.00. The fourth-order valence-corrected chi connectivity index (χ4v) is 1.39. The molecule has 1 aromatic carbocycles. The van der Waals surface area contributed by atoms with Crippen molar-refractivity contribution in [3.8, 4) is 0 Å². The maximum Gasteiger partial charge on any atom is 0.418 e. The Labute approximate surface area is 92.4 Å².